The number of carboxylic acid groups (broad SMARTS) is 1. The summed E-state index contributed by atoms with van der Waals surface area (Å²) < 4.78 is 0. The first kappa shape index (κ1) is 18.6. The van der Waals surface area contributed by atoms with Crippen LogP contribution in [-0.2, 0) is 9.59 Å². The van der Waals surface area contributed by atoms with Gasteiger partial charge in [-0.2, -0.15) is 0 Å². The van der Waals surface area contributed by atoms with Crippen molar-refractivity contribution >= 4 is 27.8 Å². The number of halogens is 1. The maximum Gasteiger partial charge on any atom is 0.305 e. The molecule has 1 aliphatic rings. The fourth-order valence-electron chi connectivity index (χ4n) is 3.04. The van der Waals surface area contributed by atoms with Crippen molar-refractivity contribution in [3.63, 3.8) is 0 Å². The molecule has 1 fully saturated rings. The minimum atomic E-state index is -0.964. The van der Waals surface area contributed by atoms with Crippen molar-refractivity contribution in [3.05, 3.63) is 71.8 Å². The third-order valence-electron chi connectivity index (χ3n) is 4.37. The van der Waals surface area contributed by atoms with Crippen LogP contribution in [0.2, 0.25) is 0 Å². The summed E-state index contributed by atoms with van der Waals surface area (Å²) in [6.45, 7) is 0. The summed E-state index contributed by atoms with van der Waals surface area (Å²) in [4.78, 5) is 23.8. The van der Waals surface area contributed by atoms with E-state index < -0.39 is 18.1 Å². The van der Waals surface area contributed by atoms with Gasteiger partial charge < -0.3 is 10.4 Å². The number of nitrogens with one attached hydrogen (secondary N) is 3. The Morgan fingerprint density at radius 1 is 1.04 bits per heavy atom. The topological polar surface area (TPSA) is 90.5 Å². The molecule has 7 heteroatoms. The molecule has 3 rings (SSSR count). The van der Waals surface area contributed by atoms with Crippen molar-refractivity contribution in [2.45, 2.75) is 29.4 Å². The molecule has 0 saturated carbocycles. The molecule has 4 atom stereocenters. The Bertz CT molecular complexity index is 757. The van der Waals surface area contributed by atoms with E-state index in [1.807, 2.05) is 60.7 Å². The molecule has 26 heavy (non-hydrogen) atoms. The molecule has 1 heterocycles. The molecule has 0 aromatic heterocycles. The third kappa shape index (κ3) is 4.30. The predicted octanol–water partition coefficient (Wildman–Crippen LogP) is 2.30. The Morgan fingerprint density at radius 3 is 2.27 bits per heavy atom. The van der Waals surface area contributed by atoms with E-state index >= 15 is 0 Å². The molecule has 0 bridgehead atoms. The lowest BCUT2D eigenvalue weighted by Crippen LogP contribution is -2.47. The Hall–Kier alpha value is -2.22. The Labute approximate surface area is 160 Å². The van der Waals surface area contributed by atoms with E-state index in [0.717, 1.165) is 11.1 Å². The van der Waals surface area contributed by atoms with Gasteiger partial charge in [0.05, 0.1) is 23.3 Å². The first-order valence-electron chi connectivity index (χ1n) is 8.33. The number of hydrazine groups is 1. The monoisotopic (exact) mass is 417 g/mol. The molecule has 0 aliphatic carbocycles. The van der Waals surface area contributed by atoms with E-state index in [1.165, 1.54) is 0 Å². The lowest BCUT2D eigenvalue weighted by atomic mass is 10.00. The van der Waals surface area contributed by atoms with Crippen LogP contribution in [0.1, 0.15) is 29.6 Å². The van der Waals surface area contributed by atoms with Crippen molar-refractivity contribution in [3.8, 4) is 0 Å². The number of benzene rings is 2. The fraction of sp³-hybridized carbons (Fsp3) is 0.263. The number of rotatable bonds is 6. The van der Waals surface area contributed by atoms with Gasteiger partial charge >= 0.3 is 5.97 Å². The molecule has 2 aromatic carbocycles. The SMILES string of the molecule is O=C(O)CC(NC(=O)C1NNC(c2ccccc2)C1Br)c1ccccc1. The van der Waals surface area contributed by atoms with Gasteiger partial charge in [0.2, 0.25) is 5.91 Å². The van der Waals surface area contributed by atoms with Crippen molar-refractivity contribution in [1.82, 2.24) is 16.2 Å². The molecule has 136 valence electrons. The fourth-order valence-corrected chi connectivity index (χ4v) is 3.85. The first-order chi connectivity index (χ1) is 12.6. The van der Waals surface area contributed by atoms with Crippen molar-refractivity contribution < 1.29 is 14.7 Å². The summed E-state index contributed by atoms with van der Waals surface area (Å²) in [5, 5.41) is 12.0. The Balaban J connectivity index is 1.71. The normalized spacial score (nSPS) is 23.3. The van der Waals surface area contributed by atoms with Gasteiger partial charge in [0.1, 0.15) is 6.04 Å². The van der Waals surface area contributed by atoms with Crippen LogP contribution in [0, 0.1) is 0 Å². The van der Waals surface area contributed by atoms with Gasteiger partial charge in [-0.3, -0.25) is 9.59 Å². The first-order valence-corrected chi connectivity index (χ1v) is 9.25. The van der Waals surface area contributed by atoms with Crippen LogP contribution < -0.4 is 16.2 Å². The second-order valence-corrected chi connectivity index (χ2v) is 7.23. The minimum Gasteiger partial charge on any atom is -0.481 e. The van der Waals surface area contributed by atoms with E-state index in [1.54, 1.807) is 0 Å². The molecule has 1 amide bonds. The van der Waals surface area contributed by atoms with Gasteiger partial charge in [-0.05, 0) is 11.1 Å². The molecule has 2 aromatic rings. The molecule has 0 radical (unpaired) electrons. The van der Waals surface area contributed by atoms with Crippen LogP contribution >= 0.6 is 15.9 Å². The van der Waals surface area contributed by atoms with Crippen molar-refractivity contribution in [2.24, 2.45) is 0 Å². The number of alkyl halides is 1. The summed E-state index contributed by atoms with van der Waals surface area (Å²) in [5.41, 5.74) is 7.96. The molecule has 4 N–H and O–H groups in total. The summed E-state index contributed by atoms with van der Waals surface area (Å²) >= 11 is 3.60. The molecule has 6 nitrogen and oxygen atoms in total. The molecular formula is C19H20BrN3O3. The summed E-state index contributed by atoms with van der Waals surface area (Å²) in [6, 6.07) is 17.8. The van der Waals surface area contributed by atoms with Crippen LogP contribution in [0.3, 0.4) is 0 Å². The van der Waals surface area contributed by atoms with E-state index in [9.17, 15) is 14.7 Å². The van der Waals surface area contributed by atoms with Crippen LogP contribution in [-0.4, -0.2) is 27.9 Å². The summed E-state index contributed by atoms with van der Waals surface area (Å²) in [6.07, 6.45) is -0.176. The highest BCUT2D eigenvalue weighted by molar-refractivity contribution is 9.09. The number of hydrogen-bond donors (Lipinski definition) is 4. The number of amides is 1. The van der Waals surface area contributed by atoms with Crippen LogP contribution in [0.4, 0.5) is 0 Å². The van der Waals surface area contributed by atoms with E-state index in [2.05, 4.69) is 32.1 Å². The number of hydrogen-bond acceptors (Lipinski definition) is 4. The highest BCUT2D eigenvalue weighted by Gasteiger charge is 2.39. The van der Waals surface area contributed by atoms with E-state index in [-0.39, 0.29) is 23.2 Å². The number of carbonyl (C=O) groups excluding carboxylic acids is 1. The zero-order valence-electron chi connectivity index (χ0n) is 13.9. The number of carbonyl (C=O) groups is 2. The van der Waals surface area contributed by atoms with Gasteiger partial charge in [-0.15, -0.1) is 0 Å². The maximum absolute atomic E-state index is 12.8. The largest absolute Gasteiger partial charge is 0.481 e. The maximum atomic E-state index is 12.8. The molecule has 0 spiro atoms. The van der Waals surface area contributed by atoms with Gasteiger partial charge in [-0.25, -0.2) is 10.9 Å². The lowest BCUT2D eigenvalue weighted by molar-refractivity contribution is -0.137. The average Bonchev–Trinajstić information content (AvgIpc) is 3.04. The Morgan fingerprint density at radius 2 is 1.65 bits per heavy atom. The lowest BCUT2D eigenvalue weighted by Gasteiger charge is -2.22. The van der Waals surface area contributed by atoms with Crippen molar-refractivity contribution in [2.75, 3.05) is 0 Å². The van der Waals surface area contributed by atoms with E-state index in [4.69, 9.17) is 0 Å². The number of aliphatic carboxylic acids is 1. The smallest absolute Gasteiger partial charge is 0.305 e. The van der Waals surface area contributed by atoms with Crippen molar-refractivity contribution in [1.29, 1.82) is 0 Å². The van der Waals surface area contributed by atoms with Gasteiger partial charge in [0.15, 0.2) is 0 Å². The zero-order valence-corrected chi connectivity index (χ0v) is 15.5. The van der Waals surface area contributed by atoms with Gasteiger partial charge in [0, 0.05) is 0 Å². The zero-order chi connectivity index (χ0) is 18.5. The standard InChI is InChI=1S/C19H20BrN3O3/c20-16-17(13-9-5-2-6-10-13)22-23-18(16)19(26)21-14(11-15(24)25)12-7-3-1-4-8-12/h1-10,14,16-18,22-23H,11H2,(H,21,26)(H,24,25). The Kier molecular flexibility index (Phi) is 6.03. The minimum absolute atomic E-state index is 0.0680. The second kappa shape index (κ2) is 8.44. The molecule has 1 aliphatic heterocycles. The van der Waals surface area contributed by atoms with Crippen LogP contribution in [0.15, 0.2) is 60.7 Å². The van der Waals surface area contributed by atoms with Crippen LogP contribution in [0.5, 0.6) is 0 Å². The number of carboxylic acids is 1. The molecular weight excluding hydrogens is 398 g/mol. The van der Waals surface area contributed by atoms with Gasteiger partial charge in [0.25, 0.3) is 0 Å². The molecule has 1 saturated heterocycles. The van der Waals surface area contributed by atoms with E-state index in [0.29, 0.717) is 0 Å². The van der Waals surface area contributed by atoms with Gasteiger partial charge in [-0.1, -0.05) is 76.6 Å². The second-order valence-electron chi connectivity index (χ2n) is 6.17. The molecule has 4 unspecified atom stereocenters. The summed E-state index contributed by atoms with van der Waals surface area (Å²) in [5.74, 6) is -1.22. The highest BCUT2D eigenvalue weighted by Crippen LogP contribution is 2.29. The average molecular weight is 418 g/mol. The predicted molar refractivity (Wildman–Crippen MR) is 102 cm³/mol. The summed E-state index contributed by atoms with van der Waals surface area (Å²) in [7, 11) is 0. The third-order valence-corrected chi connectivity index (χ3v) is 5.43. The highest BCUT2D eigenvalue weighted by atomic mass is 79.9. The quantitative estimate of drug-likeness (QED) is 0.541. The van der Waals surface area contributed by atoms with Crippen LogP contribution in [0.25, 0.3) is 0 Å².